The Morgan fingerprint density at radius 3 is 2.43 bits per heavy atom. The van der Waals surface area contributed by atoms with E-state index in [4.69, 9.17) is 0 Å². The highest BCUT2D eigenvalue weighted by atomic mass is 32.2. The van der Waals surface area contributed by atoms with Crippen molar-refractivity contribution >= 4 is 27.5 Å². The number of carbonyl (C=O) groups excluding carboxylic acids is 2. The van der Waals surface area contributed by atoms with Gasteiger partial charge in [-0.2, -0.15) is 0 Å². The van der Waals surface area contributed by atoms with Gasteiger partial charge in [-0.3, -0.25) is 13.9 Å². The highest BCUT2D eigenvalue weighted by Crippen LogP contribution is 2.20. The zero-order valence-electron chi connectivity index (χ0n) is 21.0. The number of hydrogen-bond donors (Lipinski definition) is 1. The van der Waals surface area contributed by atoms with Crippen molar-refractivity contribution in [2.75, 3.05) is 23.7 Å². The molecule has 2 aromatic carbocycles. The van der Waals surface area contributed by atoms with Gasteiger partial charge in [-0.1, -0.05) is 43.7 Å². The highest BCUT2D eigenvalue weighted by Gasteiger charge is 2.27. The van der Waals surface area contributed by atoms with E-state index in [1.807, 2.05) is 19.9 Å². The van der Waals surface area contributed by atoms with Gasteiger partial charge in [-0.15, -0.1) is 0 Å². The molecule has 192 valence electrons. The molecule has 0 fully saturated rings. The molecule has 1 atom stereocenters. The number of sulfonamides is 1. The summed E-state index contributed by atoms with van der Waals surface area (Å²) in [6.45, 7) is 6.07. The highest BCUT2D eigenvalue weighted by molar-refractivity contribution is 7.92. The van der Waals surface area contributed by atoms with Gasteiger partial charge in [-0.05, 0) is 50.5 Å². The van der Waals surface area contributed by atoms with Gasteiger partial charge < -0.3 is 10.2 Å². The molecular formula is C26H36FN3O4S. The van der Waals surface area contributed by atoms with Crippen molar-refractivity contribution in [2.24, 2.45) is 0 Å². The number of anilines is 1. The third-order valence-electron chi connectivity index (χ3n) is 5.74. The van der Waals surface area contributed by atoms with E-state index in [2.05, 4.69) is 5.32 Å². The van der Waals surface area contributed by atoms with Crippen LogP contribution in [0.3, 0.4) is 0 Å². The number of benzene rings is 2. The molecule has 2 amide bonds. The van der Waals surface area contributed by atoms with E-state index in [1.165, 1.54) is 15.3 Å². The monoisotopic (exact) mass is 505 g/mol. The molecule has 9 heteroatoms. The van der Waals surface area contributed by atoms with Crippen LogP contribution in [0, 0.1) is 12.7 Å². The van der Waals surface area contributed by atoms with Crippen molar-refractivity contribution in [3.63, 3.8) is 0 Å². The average molecular weight is 506 g/mol. The van der Waals surface area contributed by atoms with Crippen LogP contribution in [-0.4, -0.2) is 50.5 Å². The number of nitrogens with one attached hydrogen (secondary N) is 1. The zero-order valence-corrected chi connectivity index (χ0v) is 21.8. The lowest BCUT2D eigenvalue weighted by molar-refractivity contribution is -0.140. The Morgan fingerprint density at radius 1 is 1.09 bits per heavy atom. The minimum Gasteiger partial charge on any atom is -0.354 e. The fourth-order valence-corrected chi connectivity index (χ4v) is 4.67. The van der Waals surface area contributed by atoms with Gasteiger partial charge in [0.05, 0.1) is 11.9 Å². The maximum absolute atomic E-state index is 14.3. The number of amides is 2. The van der Waals surface area contributed by atoms with Crippen LogP contribution in [-0.2, 0) is 26.2 Å². The first-order chi connectivity index (χ1) is 16.5. The molecule has 35 heavy (non-hydrogen) atoms. The molecule has 0 aliphatic rings. The Morgan fingerprint density at radius 2 is 1.80 bits per heavy atom. The molecule has 0 unspecified atom stereocenters. The minimum atomic E-state index is -3.55. The van der Waals surface area contributed by atoms with Crippen LogP contribution in [0.15, 0.2) is 48.5 Å². The van der Waals surface area contributed by atoms with Crippen LogP contribution in [0.5, 0.6) is 0 Å². The Bertz CT molecular complexity index is 1110. The number of hydrogen-bond acceptors (Lipinski definition) is 4. The summed E-state index contributed by atoms with van der Waals surface area (Å²) in [7, 11) is -3.55. The largest absolute Gasteiger partial charge is 0.354 e. The lowest BCUT2D eigenvalue weighted by atomic mass is 10.1. The molecule has 0 aliphatic carbocycles. The number of rotatable bonds is 13. The van der Waals surface area contributed by atoms with Gasteiger partial charge in [0.2, 0.25) is 21.8 Å². The fourth-order valence-electron chi connectivity index (χ4n) is 3.72. The van der Waals surface area contributed by atoms with E-state index in [0.717, 1.165) is 24.7 Å². The predicted octanol–water partition coefficient (Wildman–Crippen LogP) is 4.01. The number of unbranched alkanes of at least 4 members (excludes halogenated alkanes) is 1. The van der Waals surface area contributed by atoms with E-state index in [-0.39, 0.29) is 37.7 Å². The molecule has 1 N–H and O–H groups in total. The second-order valence-electron chi connectivity index (χ2n) is 8.71. The van der Waals surface area contributed by atoms with Crippen LogP contribution in [0.1, 0.15) is 50.7 Å². The lowest BCUT2D eigenvalue weighted by Crippen LogP contribution is -2.48. The van der Waals surface area contributed by atoms with Gasteiger partial charge >= 0.3 is 0 Å². The molecule has 0 aromatic heterocycles. The molecule has 0 spiro atoms. The first-order valence-electron chi connectivity index (χ1n) is 11.9. The van der Waals surface area contributed by atoms with Crippen LogP contribution in [0.25, 0.3) is 0 Å². The lowest BCUT2D eigenvalue weighted by Gasteiger charge is -2.29. The molecule has 0 aliphatic heterocycles. The predicted molar refractivity (Wildman–Crippen MR) is 137 cm³/mol. The van der Waals surface area contributed by atoms with Crippen LogP contribution in [0.4, 0.5) is 10.1 Å². The molecule has 2 aromatic rings. The van der Waals surface area contributed by atoms with E-state index < -0.39 is 21.9 Å². The SMILES string of the molecule is CCCCNC(=O)[C@H](C)N(Cc1ccccc1F)C(=O)CCCN(c1cccc(C)c1)S(C)(=O)=O. The quantitative estimate of drug-likeness (QED) is 0.417. The molecule has 0 radical (unpaired) electrons. The third-order valence-corrected chi connectivity index (χ3v) is 6.93. The average Bonchev–Trinajstić information content (AvgIpc) is 2.80. The number of carbonyl (C=O) groups is 2. The number of halogens is 1. The Labute approximate surface area is 208 Å². The summed E-state index contributed by atoms with van der Waals surface area (Å²) in [6.07, 6.45) is 3.13. The molecule has 0 saturated carbocycles. The summed E-state index contributed by atoms with van der Waals surface area (Å²) in [6, 6.07) is 12.5. The van der Waals surface area contributed by atoms with Crippen LogP contribution in [0.2, 0.25) is 0 Å². The van der Waals surface area contributed by atoms with Gasteiger partial charge in [0, 0.05) is 31.6 Å². The van der Waals surface area contributed by atoms with Crippen LogP contribution >= 0.6 is 0 Å². The summed E-state index contributed by atoms with van der Waals surface area (Å²) in [5, 5.41) is 2.83. The van der Waals surface area contributed by atoms with Crippen molar-refractivity contribution in [1.29, 1.82) is 0 Å². The standard InChI is InChI=1S/C26H36FN3O4S/c1-5-6-16-28-26(32)21(3)29(19-22-12-7-8-14-24(22)27)25(31)15-10-17-30(35(4,33)34)23-13-9-11-20(2)18-23/h7-9,11-14,18,21H,5-6,10,15-17,19H2,1-4H3,(H,28,32)/t21-/m0/s1. The molecule has 7 nitrogen and oxygen atoms in total. The van der Waals surface area contributed by atoms with E-state index in [0.29, 0.717) is 17.8 Å². The van der Waals surface area contributed by atoms with Crippen molar-refractivity contribution in [1.82, 2.24) is 10.2 Å². The zero-order chi connectivity index (χ0) is 26.0. The summed E-state index contributed by atoms with van der Waals surface area (Å²) >= 11 is 0. The Balaban J connectivity index is 2.15. The molecular weight excluding hydrogens is 469 g/mol. The maximum Gasteiger partial charge on any atom is 0.242 e. The number of aryl methyl sites for hydroxylation is 1. The summed E-state index contributed by atoms with van der Waals surface area (Å²) in [5.74, 6) is -1.10. The summed E-state index contributed by atoms with van der Waals surface area (Å²) in [4.78, 5) is 27.3. The summed E-state index contributed by atoms with van der Waals surface area (Å²) in [5.41, 5.74) is 1.77. The second kappa shape index (κ2) is 13.2. The smallest absolute Gasteiger partial charge is 0.242 e. The molecule has 0 bridgehead atoms. The van der Waals surface area contributed by atoms with Crippen molar-refractivity contribution < 1.29 is 22.4 Å². The topological polar surface area (TPSA) is 86.8 Å². The van der Waals surface area contributed by atoms with E-state index in [9.17, 15) is 22.4 Å². The maximum atomic E-state index is 14.3. The molecule has 2 rings (SSSR count). The molecule has 0 heterocycles. The van der Waals surface area contributed by atoms with Gasteiger partial charge in [-0.25, -0.2) is 12.8 Å². The van der Waals surface area contributed by atoms with Gasteiger partial charge in [0.25, 0.3) is 0 Å². The van der Waals surface area contributed by atoms with E-state index >= 15 is 0 Å². The van der Waals surface area contributed by atoms with Crippen molar-refractivity contribution in [3.8, 4) is 0 Å². The van der Waals surface area contributed by atoms with Gasteiger partial charge in [0.1, 0.15) is 11.9 Å². The Hall–Kier alpha value is -2.94. The first-order valence-corrected chi connectivity index (χ1v) is 13.7. The third kappa shape index (κ3) is 8.65. The second-order valence-corrected chi connectivity index (χ2v) is 10.6. The van der Waals surface area contributed by atoms with Crippen molar-refractivity contribution in [3.05, 3.63) is 65.5 Å². The van der Waals surface area contributed by atoms with Crippen molar-refractivity contribution in [2.45, 2.75) is 59.0 Å². The van der Waals surface area contributed by atoms with E-state index in [1.54, 1.807) is 43.3 Å². The normalized spacial score (nSPS) is 12.1. The van der Waals surface area contributed by atoms with Crippen LogP contribution < -0.4 is 9.62 Å². The van der Waals surface area contributed by atoms with Gasteiger partial charge in [0.15, 0.2) is 0 Å². The number of nitrogens with zero attached hydrogens (tertiary/aromatic N) is 2. The minimum absolute atomic E-state index is 0.0128. The first kappa shape index (κ1) is 28.3. The summed E-state index contributed by atoms with van der Waals surface area (Å²) < 4.78 is 40.4. The Kier molecular flexibility index (Phi) is 10.7. The molecule has 0 saturated heterocycles. The fraction of sp³-hybridized carbons (Fsp3) is 0.462.